The van der Waals surface area contributed by atoms with Gasteiger partial charge in [0.25, 0.3) is 0 Å². The maximum absolute atomic E-state index is 11.7. The summed E-state index contributed by atoms with van der Waals surface area (Å²) in [5.41, 5.74) is 0. The quantitative estimate of drug-likeness (QED) is 0.131. The molecule has 0 aliphatic rings. The SMILES string of the molecule is CCCCOC(=O)CCCCCCCCCCCC(CC)CCC(=O)OCCCC. The predicted molar refractivity (Wildman–Crippen MR) is 126 cm³/mol. The van der Waals surface area contributed by atoms with E-state index in [1.54, 1.807) is 0 Å². The van der Waals surface area contributed by atoms with Crippen molar-refractivity contribution in [2.75, 3.05) is 13.2 Å². The fraction of sp³-hybridized carbons (Fsp3) is 0.923. The molecule has 0 N–H and O–H groups in total. The van der Waals surface area contributed by atoms with Gasteiger partial charge in [0.05, 0.1) is 13.2 Å². The van der Waals surface area contributed by atoms with Crippen LogP contribution in [0.5, 0.6) is 0 Å². The van der Waals surface area contributed by atoms with Crippen molar-refractivity contribution in [3.63, 3.8) is 0 Å². The summed E-state index contributed by atoms with van der Waals surface area (Å²) in [5.74, 6) is 0.620. The highest BCUT2D eigenvalue weighted by Crippen LogP contribution is 2.20. The van der Waals surface area contributed by atoms with Gasteiger partial charge in [0, 0.05) is 12.8 Å². The molecular formula is C26H50O4. The molecule has 178 valence electrons. The molecule has 1 unspecified atom stereocenters. The molecule has 4 nitrogen and oxygen atoms in total. The summed E-state index contributed by atoms with van der Waals surface area (Å²) >= 11 is 0. The van der Waals surface area contributed by atoms with Crippen LogP contribution in [-0.2, 0) is 19.1 Å². The molecule has 0 radical (unpaired) electrons. The zero-order valence-corrected chi connectivity index (χ0v) is 20.4. The third-order valence-corrected chi connectivity index (χ3v) is 5.85. The molecular weight excluding hydrogens is 376 g/mol. The Morgan fingerprint density at radius 3 is 1.53 bits per heavy atom. The number of hydrogen-bond acceptors (Lipinski definition) is 4. The summed E-state index contributed by atoms with van der Waals surface area (Å²) in [6.45, 7) is 7.61. The Balaban J connectivity index is 3.42. The van der Waals surface area contributed by atoms with Crippen molar-refractivity contribution < 1.29 is 19.1 Å². The van der Waals surface area contributed by atoms with Crippen LogP contribution in [0.15, 0.2) is 0 Å². The molecule has 0 aliphatic carbocycles. The molecule has 30 heavy (non-hydrogen) atoms. The molecule has 0 aromatic rings. The highest BCUT2D eigenvalue weighted by atomic mass is 16.5. The Morgan fingerprint density at radius 1 is 0.567 bits per heavy atom. The molecule has 0 saturated heterocycles. The van der Waals surface area contributed by atoms with Gasteiger partial charge in [0.15, 0.2) is 0 Å². The third-order valence-electron chi connectivity index (χ3n) is 5.85. The lowest BCUT2D eigenvalue weighted by molar-refractivity contribution is -0.144. The fourth-order valence-electron chi connectivity index (χ4n) is 3.62. The zero-order chi connectivity index (χ0) is 22.3. The van der Waals surface area contributed by atoms with Crippen LogP contribution in [0.4, 0.5) is 0 Å². The zero-order valence-electron chi connectivity index (χ0n) is 20.4. The third kappa shape index (κ3) is 20.2. The Morgan fingerprint density at radius 2 is 1.03 bits per heavy atom. The van der Waals surface area contributed by atoms with Crippen LogP contribution in [0.3, 0.4) is 0 Å². The van der Waals surface area contributed by atoms with Crippen LogP contribution in [-0.4, -0.2) is 25.2 Å². The molecule has 0 spiro atoms. The number of unbranched alkanes of at least 4 members (excludes halogenated alkanes) is 10. The standard InChI is InChI=1S/C26H50O4/c1-4-7-22-29-25(27)19-17-15-13-11-9-10-12-14-16-18-24(6-3)20-21-26(28)30-23-8-5-2/h24H,4-23H2,1-3H3. The van der Waals surface area contributed by atoms with Gasteiger partial charge in [0.1, 0.15) is 0 Å². The molecule has 0 rings (SSSR count). The van der Waals surface area contributed by atoms with Gasteiger partial charge in [-0.05, 0) is 31.6 Å². The summed E-state index contributed by atoms with van der Waals surface area (Å²) in [6, 6.07) is 0. The van der Waals surface area contributed by atoms with Gasteiger partial charge in [0.2, 0.25) is 0 Å². The number of ether oxygens (including phenoxy) is 2. The normalized spacial score (nSPS) is 12.0. The Kier molecular flexibility index (Phi) is 21.8. The van der Waals surface area contributed by atoms with Crippen LogP contribution in [0, 0.1) is 5.92 Å². The van der Waals surface area contributed by atoms with E-state index in [-0.39, 0.29) is 11.9 Å². The molecule has 0 bridgehead atoms. The minimum atomic E-state index is -0.0257. The second-order valence-corrected chi connectivity index (χ2v) is 8.68. The lowest BCUT2D eigenvalue weighted by Gasteiger charge is -2.14. The molecule has 0 aromatic carbocycles. The van der Waals surface area contributed by atoms with Crippen molar-refractivity contribution in [1.29, 1.82) is 0 Å². The summed E-state index contributed by atoms with van der Waals surface area (Å²) in [4.78, 5) is 23.2. The number of esters is 2. The predicted octanol–water partition coefficient (Wildman–Crippen LogP) is 7.77. The number of carbonyl (C=O) groups excluding carboxylic acids is 2. The average Bonchev–Trinajstić information content (AvgIpc) is 2.74. The van der Waals surface area contributed by atoms with Crippen molar-refractivity contribution >= 4 is 11.9 Å². The molecule has 0 aliphatic heterocycles. The summed E-state index contributed by atoms with van der Waals surface area (Å²) in [6.07, 6.45) is 19.8. The van der Waals surface area contributed by atoms with Gasteiger partial charge in [-0.3, -0.25) is 9.59 Å². The van der Waals surface area contributed by atoms with Crippen LogP contribution < -0.4 is 0 Å². The second-order valence-electron chi connectivity index (χ2n) is 8.68. The van der Waals surface area contributed by atoms with E-state index < -0.39 is 0 Å². The molecule has 0 saturated carbocycles. The van der Waals surface area contributed by atoms with E-state index in [4.69, 9.17) is 9.47 Å². The fourth-order valence-corrected chi connectivity index (χ4v) is 3.62. The minimum Gasteiger partial charge on any atom is -0.466 e. The Bertz CT molecular complexity index is 394. The van der Waals surface area contributed by atoms with Crippen LogP contribution >= 0.6 is 0 Å². The van der Waals surface area contributed by atoms with Crippen molar-refractivity contribution in [2.24, 2.45) is 5.92 Å². The van der Waals surface area contributed by atoms with E-state index in [0.29, 0.717) is 32.0 Å². The first-order valence-electron chi connectivity index (χ1n) is 12.9. The van der Waals surface area contributed by atoms with Crippen LogP contribution in [0.1, 0.15) is 136 Å². The lowest BCUT2D eigenvalue weighted by Crippen LogP contribution is -2.09. The molecule has 0 aromatic heterocycles. The van der Waals surface area contributed by atoms with Crippen LogP contribution in [0.25, 0.3) is 0 Å². The first kappa shape index (κ1) is 28.9. The van der Waals surface area contributed by atoms with E-state index in [1.165, 1.54) is 51.4 Å². The van der Waals surface area contributed by atoms with E-state index >= 15 is 0 Å². The monoisotopic (exact) mass is 426 g/mol. The van der Waals surface area contributed by atoms with E-state index in [2.05, 4.69) is 20.8 Å². The Labute approximate surface area is 186 Å². The second kappa shape index (κ2) is 22.6. The van der Waals surface area contributed by atoms with Crippen molar-refractivity contribution in [2.45, 2.75) is 136 Å². The van der Waals surface area contributed by atoms with E-state index in [9.17, 15) is 9.59 Å². The van der Waals surface area contributed by atoms with Gasteiger partial charge < -0.3 is 9.47 Å². The largest absolute Gasteiger partial charge is 0.466 e. The van der Waals surface area contributed by atoms with Crippen molar-refractivity contribution in [3.05, 3.63) is 0 Å². The highest BCUT2D eigenvalue weighted by Gasteiger charge is 2.10. The summed E-state index contributed by atoms with van der Waals surface area (Å²) < 4.78 is 10.4. The molecule has 0 heterocycles. The van der Waals surface area contributed by atoms with Gasteiger partial charge >= 0.3 is 11.9 Å². The molecule has 0 fully saturated rings. The van der Waals surface area contributed by atoms with Crippen molar-refractivity contribution in [3.8, 4) is 0 Å². The smallest absolute Gasteiger partial charge is 0.305 e. The lowest BCUT2D eigenvalue weighted by atomic mass is 9.93. The first-order valence-corrected chi connectivity index (χ1v) is 12.9. The van der Waals surface area contributed by atoms with E-state index in [1.807, 2.05) is 0 Å². The number of carbonyl (C=O) groups is 2. The van der Waals surface area contributed by atoms with E-state index in [0.717, 1.165) is 51.4 Å². The van der Waals surface area contributed by atoms with Gasteiger partial charge in [-0.15, -0.1) is 0 Å². The number of rotatable bonds is 22. The number of hydrogen-bond donors (Lipinski definition) is 0. The van der Waals surface area contributed by atoms with Crippen LogP contribution in [0.2, 0.25) is 0 Å². The van der Waals surface area contributed by atoms with Gasteiger partial charge in [-0.1, -0.05) is 97.8 Å². The summed E-state index contributed by atoms with van der Waals surface area (Å²) in [7, 11) is 0. The molecule has 4 heteroatoms. The van der Waals surface area contributed by atoms with Crippen molar-refractivity contribution in [1.82, 2.24) is 0 Å². The molecule has 1 atom stereocenters. The summed E-state index contributed by atoms with van der Waals surface area (Å²) in [5, 5.41) is 0. The maximum atomic E-state index is 11.7. The topological polar surface area (TPSA) is 52.6 Å². The first-order chi connectivity index (χ1) is 14.6. The van der Waals surface area contributed by atoms with Gasteiger partial charge in [-0.25, -0.2) is 0 Å². The minimum absolute atomic E-state index is 0.0183. The van der Waals surface area contributed by atoms with Gasteiger partial charge in [-0.2, -0.15) is 0 Å². The maximum Gasteiger partial charge on any atom is 0.305 e. The Hall–Kier alpha value is -1.06. The molecule has 0 amide bonds. The average molecular weight is 427 g/mol. The highest BCUT2D eigenvalue weighted by molar-refractivity contribution is 5.69.